The molecular weight excluding hydrogens is 330 g/mol. The van der Waals surface area contributed by atoms with Gasteiger partial charge in [-0.25, -0.2) is 14.8 Å². The highest BCUT2D eigenvalue weighted by Gasteiger charge is 2.19. The largest absolute Gasteiger partial charge is 0.462 e. The van der Waals surface area contributed by atoms with E-state index in [2.05, 4.69) is 21.5 Å². The monoisotopic (exact) mass is 349 g/mol. The van der Waals surface area contributed by atoms with Gasteiger partial charge in [0.2, 0.25) is 0 Å². The fourth-order valence-electron chi connectivity index (χ4n) is 2.72. The molecule has 0 amide bonds. The number of ether oxygens (including phenoxy) is 1. The van der Waals surface area contributed by atoms with Crippen molar-refractivity contribution in [3.63, 3.8) is 0 Å². The van der Waals surface area contributed by atoms with E-state index >= 15 is 0 Å². The maximum absolute atomic E-state index is 12.2. The molecule has 0 bridgehead atoms. The highest BCUT2D eigenvalue weighted by atomic mass is 16.5. The van der Waals surface area contributed by atoms with E-state index in [1.807, 2.05) is 24.3 Å². The number of hydrogen-bond acceptors (Lipinski definition) is 5. The summed E-state index contributed by atoms with van der Waals surface area (Å²) in [4.78, 5) is 35.7. The SMILES string of the molecule is C=C(C)C(=O)Cc1cccc(-c2ncnc3[nH]cc(C(=O)OCC)c23)c1. The maximum atomic E-state index is 12.2. The number of rotatable bonds is 6. The topological polar surface area (TPSA) is 84.9 Å². The van der Waals surface area contributed by atoms with Crippen molar-refractivity contribution in [3.8, 4) is 11.3 Å². The van der Waals surface area contributed by atoms with Crippen molar-refractivity contribution in [3.05, 3.63) is 60.1 Å². The van der Waals surface area contributed by atoms with Crippen molar-refractivity contribution >= 4 is 22.8 Å². The van der Waals surface area contributed by atoms with Crippen LogP contribution < -0.4 is 0 Å². The predicted molar refractivity (Wildman–Crippen MR) is 98.8 cm³/mol. The van der Waals surface area contributed by atoms with Crippen molar-refractivity contribution < 1.29 is 14.3 Å². The predicted octanol–water partition coefficient (Wildman–Crippen LogP) is 3.49. The Morgan fingerprint density at radius 1 is 1.27 bits per heavy atom. The van der Waals surface area contributed by atoms with E-state index in [-0.39, 0.29) is 18.8 Å². The summed E-state index contributed by atoms with van der Waals surface area (Å²) in [5.41, 5.74) is 3.74. The Morgan fingerprint density at radius 3 is 2.81 bits per heavy atom. The molecule has 0 atom stereocenters. The Morgan fingerprint density at radius 2 is 2.08 bits per heavy atom. The lowest BCUT2D eigenvalue weighted by atomic mass is 10.00. The molecule has 0 saturated carbocycles. The molecule has 0 radical (unpaired) electrons. The molecule has 0 fully saturated rings. The first kappa shape index (κ1) is 17.5. The Kier molecular flexibility index (Phi) is 4.93. The number of aromatic amines is 1. The molecule has 26 heavy (non-hydrogen) atoms. The average Bonchev–Trinajstić information content (AvgIpc) is 3.06. The number of aromatic nitrogens is 3. The van der Waals surface area contributed by atoms with Crippen LogP contribution in [0.4, 0.5) is 0 Å². The van der Waals surface area contributed by atoms with Gasteiger partial charge < -0.3 is 9.72 Å². The lowest BCUT2D eigenvalue weighted by molar-refractivity contribution is -0.114. The number of esters is 1. The number of Topliss-reactive ketones (excluding diaryl/α,β-unsaturated/α-hetero) is 1. The number of nitrogens with zero attached hydrogens (tertiary/aromatic N) is 2. The van der Waals surface area contributed by atoms with Crippen molar-refractivity contribution in [2.24, 2.45) is 0 Å². The van der Waals surface area contributed by atoms with Gasteiger partial charge in [0.1, 0.15) is 12.0 Å². The third-order valence-corrected chi connectivity index (χ3v) is 4.01. The van der Waals surface area contributed by atoms with Gasteiger partial charge in [-0.05, 0) is 31.1 Å². The van der Waals surface area contributed by atoms with Crippen molar-refractivity contribution in [2.75, 3.05) is 6.61 Å². The van der Waals surface area contributed by atoms with Gasteiger partial charge in [0.25, 0.3) is 0 Å². The zero-order valence-corrected chi connectivity index (χ0v) is 14.7. The quantitative estimate of drug-likeness (QED) is 0.544. The summed E-state index contributed by atoms with van der Waals surface area (Å²) >= 11 is 0. The van der Waals surface area contributed by atoms with Gasteiger partial charge in [-0.1, -0.05) is 24.8 Å². The molecule has 0 aliphatic rings. The summed E-state index contributed by atoms with van der Waals surface area (Å²) in [7, 11) is 0. The van der Waals surface area contributed by atoms with Gasteiger partial charge in [0.15, 0.2) is 5.78 Å². The summed E-state index contributed by atoms with van der Waals surface area (Å²) in [5.74, 6) is -0.438. The lowest BCUT2D eigenvalue weighted by Crippen LogP contribution is -2.05. The van der Waals surface area contributed by atoms with E-state index in [9.17, 15) is 9.59 Å². The number of benzene rings is 1. The molecule has 0 unspecified atom stereocenters. The minimum atomic E-state index is -0.427. The Balaban J connectivity index is 2.08. The Bertz CT molecular complexity index is 1000. The molecule has 132 valence electrons. The van der Waals surface area contributed by atoms with Crippen LogP contribution in [0, 0.1) is 0 Å². The molecule has 0 saturated heterocycles. The molecule has 2 aromatic heterocycles. The Hall–Kier alpha value is -3.28. The standard InChI is InChI=1S/C20H19N3O3/c1-4-26-20(25)15-10-21-19-17(15)18(22-11-23-19)14-7-5-6-13(8-14)9-16(24)12(2)3/h5-8,10-11H,2,4,9H2,1,3H3,(H,21,22,23). The van der Waals surface area contributed by atoms with E-state index in [1.54, 1.807) is 20.0 Å². The Labute approximate surface area is 150 Å². The molecule has 6 nitrogen and oxygen atoms in total. The van der Waals surface area contributed by atoms with Gasteiger partial charge in [-0.15, -0.1) is 0 Å². The number of hydrogen-bond donors (Lipinski definition) is 1. The molecule has 1 N–H and O–H groups in total. The van der Waals surface area contributed by atoms with E-state index in [4.69, 9.17) is 4.74 Å². The summed E-state index contributed by atoms with van der Waals surface area (Å²) in [5, 5.41) is 0.606. The maximum Gasteiger partial charge on any atom is 0.340 e. The summed E-state index contributed by atoms with van der Waals surface area (Å²) in [6.45, 7) is 7.43. The van der Waals surface area contributed by atoms with Crippen LogP contribution in [0.15, 0.2) is 48.9 Å². The van der Waals surface area contributed by atoms with Crippen LogP contribution in [0.3, 0.4) is 0 Å². The molecular formula is C20H19N3O3. The van der Waals surface area contributed by atoms with Crippen LogP contribution in [0.2, 0.25) is 0 Å². The minimum absolute atomic E-state index is 0.0103. The number of carbonyl (C=O) groups is 2. The van der Waals surface area contributed by atoms with Crippen LogP contribution in [-0.4, -0.2) is 33.3 Å². The van der Waals surface area contributed by atoms with Crippen LogP contribution in [0.5, 0.6) is 0 Å². The fraction of sp³-hybridized carbons (Fsp3) is 0.200. The first-order valence-corrected chi connectivity index (χ1v) is 8.28. The van der Waals surface area contributed by atoms with E-state index in [0.717, 1.165) is 11.1 Å². The smallest absolute Gasteiger partial charge is 0.340 e. The highest BCUT2D eigenvalue weighted by Crippen LogP contribution is 2.29. The van der Waals surface area contributed by atoms with Gasteiger partial charge in [-0.3, -0.25) is 4.79 Å². The number of nitrogens with one attached hydrogen (secondary N) is 1. The van der Waals surface area contributed by atoms with Crippen molar-refractivity contribution in [2.45, 2.75) is 20.3 Å². The van der Waals surface area contributed by atoms with Gasteiger partial charge in [0, 0.05) is 18.2 Å². The van der Waals surface area contributed by atoms with Crippen LogP contribution >= 0.6 is 0 Å². The number of fused-ring (bicyclic) bond motifs is 1. The summed E-state index contributed by atoms with van der Waals surface area (Å²) in [6, 6.07) is 7.52. The van der Waals surface area contributed by atoms with E-state index < -0.39 is 5.97 Å². The average molecular weight is 349 g/mol. The number of ketones is 1. The third kappa shape index (κ3) is 3.39. The van der Waals surface area contributed by atoms with Gasteiger partial charge >= 0.3 is 5.97 Å². The van der Waals surface area contributed by atoms with E-state index in [1.165, 1.54) is 6.33 Å². The second-order valence-corrected chi connectivity index (χ2v) is 5.95. The van der Waals surface area contributed by atoms with Gasteiger partial charge in [0.05, 0.1) is 23.3 Å². The molecule has 0 aliphatic carbocycles. The van der Waals surface area contributed by atoms with Crippen LogP contribution in [0.25, 0.3) is 22.3 Å². The van der Waals surface area contributed by atoms with Crippen LogP contribution in [-0.2, 0) is 16.0 Å². The molecule has 0 spiro atoms. The fourth-order valence-corrected chi connectivity index (χ4v) is 2.72. The molecule has 2 heterocycles. The first-order valence-electron chi connectivity index (χ1n) is 8.28. The summed E-state index contributed by atoms with van der Waals surface area (Å²) in [6.07, 6.45) is 3.29. The number of H-pyrrole nitrogens is 1. The summed E-state index contributed by atoms with van der Waals surface area (Å²) < 4.78 is 5.12. The molecule has 3 rings (SSSR count). The third-order valence-electron chi connectivity index (χ3n) is 4.01. The number of allylic oxidation sites excluding steroid dienone is 1. The lowest BCUT2D eigenvalue weighted by Gasteiger charge is -2.07. The molecule has 6 heteroatoms. The first-order chi connectivity index (χ1) is 12.5. The zero-order valence-electron chi connectivity index (χ0n) is 14.7. The van der Waals surface area contributed by atoms with Gasteiger partial charge in [-0.2, -0.15) is 0 Å². The van der Waals surface area contributed by atoms with Crippen LogP contribution in [0.1, 0.15) is 29.8 Å². The zero-order chi connectivity index (χ0) is 18.7. The second kappa shape index (κ2) is 7.31. The number of carbonyl (C=O) groups excluding carboxylic acids is 2. The van der Waals surface area contributed by atoms with E-state index in [0.29, 0.717) is 27.9 Å². The van der Waals surface area contributed by atoms with Crippen molar-refractivity contribution in [1.29, 1.82) is 0 Å². The molecule has 3 aromatic rings. The molecule has 1 aromatic carbocycles. The van der Waals surface area contributed by atoms with Crippen molar-refractivity contribution in [1.82, 2.24) is 15.0 Å². The normalized spacial score (nSPS) is 10.7. The highest BCUT2D eigenvalue weighted by molar-refractivity contribution is 6.08. The second-order valence-electron chi connectivity index (χ2n) is 5.95. The minimum Gasteiger partial charge on any atom is -0.462 e. The molecule has 0 aliphatic heterocycles.